The zero-order valence-corrected chi connectivity index (χ0v) is 12.3. The fourth-order valence-corrected chi connectivity index (χ4v) is 2.72. The van der Waals surface area contributed by atoms with Crippen molar-refractivity contribution in [2.45, 2.75) is 26.0 Å². The Balaban J connectivity index is 1.76. The number of aromatic carboxylic acids is 1. The smallest absolute Gasteiger partial charge is 0.358 e. The van der Waals surface area contributed by atoms with Crippen molar-refractivity contribution in [1.82, 2.24) is 15.0 Å². The molecule has 2 heterocycles. The fraction of sp³-hybridized carbons (Fsp3) is 0.308. The van der Waals surface area contributed by atoms with Crippen molar-refractivity contribution < 1.29 is 14.6 Å². The summed E-state index contributed by atoms with van der Waals surface area (Å²) in [5, 5.41) is 16.5. The number of rotatable bonds is 3. The van der Waals surface area contributed by atoms with Gasteiger partial charge in [-0.05, 0) is 30.7 Å². The summed E-state index contributed by atoms with van der Waals surface area (Å²) in [5.41, 5.74) is 1.67. The van der Waals surface area contributed by atoms with Crippen LogP contribution in [0.2, 0.25) is 0 Å². The molecule has 2 aromatic rings. The second-order valence-corrected chi connectivity index (χ2v) is 5.62. The van der Waals surface area contributed by atoms with Crippen molar-refractivity contribution in [2.75, 3.05) is 0 Å². The lowest BCUT2D eigenvalue weighted by Crippen LogP contribution is -2.22. The van der Waals surface area contributed by atoms with Crippen molar-refractivity contribution in [1.29, 1.82) is 0 Å². The second kappa shape index (κ2) is 4.90. The average molecular weight is 338 g/mol. The lowest BCUT2D eigenvalue weighted by atomic mass is 10.1. The molecule has 0 radical (unpaired) electrons. The molecule has 0 fully saturated rings. The van der Waals surface area contributed by atoms with Crippen LogP contribution in [0.25, 0.3) is 0 Å². The number of carboxylic acid groups (broad SMARTS) is 1. The van der Waals surface area contributed by atoms with Gasteiger partial charge in [-0.15, -0.1) is 5.10 Å². The Morgan fingerprint density at radius 2 is 2.40 bits per heavy atom. The minimum Gasteiger partial charge on any atom is -0.488 e. The van der Waals surface area contributed by atoms with Crippen LogP contribution in [0.5, 0.6) is 5.75 Å². The first kappa shape index (κ1) is 13.1. The molecule has 1 N–H and O–H groups in total. The summed E-state index contributed by atoms with van der Waals surface area (Å²) >= 11 is 3.43. The standard InChI is InChI=1S/C13H12BrN3O3/c1-7-12(13(18)19)15-16-17(7)6-10-5-8-4-9(14)2-3-11(8)20-10/h2-4,10H,5-6H2,1H3,(H,18,19). The molecule has 0 aliphatic carbocycles. The molecule has 1 aliphatic heterocycles. The van der Waals surface area contributed by atoms with Gasteiger partial charge in [-0.2, -0.15) is 0 Å². The highest BCUT2D eigenvalue weighted by atomic mass is 79.9. The lowest BCUT2D eigenvalue weighted by Gasteiger charge is -2.11. The monoisotopic (exact) mass is 337 g/mol. The Kier molecular flexibility index (Phi) is 3.21. The quantitative estimate of drug-likeness (QED) is 0.927. The largest absolute Gasteiger partial charge is 0.488 e. The molecule has 0 saturated carbocycles. The molecule has 3 rings (SSSR count). The number of hydrogen-bond acceptors (Lipinski definition) is 4. The number of halogens is 1. The van der Waals surface area contributed by atoms with Gasteiger partial charge in [-0.25, -0.2) is 9.48 Å². The number of aromatic nitrogens is 3. The van der Waals surface area contributed by atoms with E-state index in [1.807, 2.05) is 18.2 Å². The van der Waals surface area contributed by atoms with Crippen LogP contribution in [0.3, 0.4) is 0 Å². The molecule has 1 unspecified atom stereocenters. The molecule has 0 amide bonds. The molecule has 0 saturated heterocycles. The van der Waals surface area contributed by atoms with E-state index in [2.05, 4.69) is 26.2 Å². The highest BCUT2D eigenvalue weighted by Crippen LogP contribution is 2.31. The van der Waals surface area contributed by atoms with E-state index in [9.17, 15) is 4.79 Å². The van der Waals surface area contributed by atoms with Crippen LogP contribution in [0, 0.1) is 6.92 Å². The molecule has 1 aliphatic rings. The second-order valence-electron chi connectivity index (χ2n) is 4.71. The maximum atomic E-state index is 10.9. The van der Waals surface area contributed by atoms with E-state index in [1.54, 1.807) is 11.6 Å². The molecule has 1 aromatic carbocycles. The topological polar surface area (TPSA) is 77.2 Å². The maximum absolute atomic E-state index is 10.9. The first-order valence-corrected chi connectivity index (χ1v) is 6.92. The van der Waals surface area contributed by atoms with Crippen molar-refractivity contribution in [3.8, 4) is 5.75 Å². The lowest BCUT2D eigenvalue weighted by molar-refractivity contribution is 0.0689. The molecule has 1 aromatic heterocycles. The predicted molar refractivity (Wildman–Crippen MR) is 74.0 cm³/mol. The van der Waals surface area contributed by atoms with Crippen LogP contribution < -0.4 is 4.74 Å². The van der Waals surface area contributed by atoms with E-state index >= 15 is 0 Å². The summed E-state index contributed by atoms with van der Waals surface area (Å²) in [6, 6.07) is 5.90. The summed E-state index contributed by atoms with van der Waals surface area (Å²) in [6.45, 7) is 2.18. The number of benzene rings is 1. The number of carbonyl (C=O) groups is 1. The zero-order chi connectivity index (χ0) is 14.3. The van der Waals surface area contributed by atoms with Crippen LogP contribution in [-0.2, 0) is 13.0 Å². The minimum atomic E-state index is -1.06. The normalized spacial score (nSPS) is 16.8. The van der Waals surface area contributed by atoms with Gasteiger partial charge in [0.1, 0.15) is 11.9 Å². The molecule has 6 nitrogen and oxygen atoms in total. The number of hydrogen-bond donors (Lipinski definition) is 1. The van der Waals surface area contributed by atoms with Crippen LogP contribution in [-0.4, -0.2) is 32.2 Å². The third-order valence-corrected chi connectivity index (χ3v) is 3.82. The zero-order valence-electron chi connectivity index (χ0n) is 10.7. The van der Waals surface area contributed by atoms with E-state index in [0.717, 1.165) is 22.2 Å². The van der Waals surface area contributed by atoms with Gasteiger partial charge < -0.3 is 9.84 Å². The fourth-order valence-electron chi connectivity index (χ4n) is 2.32. The van der Waals surface area contributed by atoms with Gasteiger partial charge in [-0.1, -0.05) is 21.1 Å². The SMILES string of the molecule is Cc1c(C(=O)O)nnn1CC1Cc2cc(Br)ccc2O1. The molecule has 0 spiro atoms. The van der Waals surface area contributed by atoms with Crippen LogP contribution in [0.15, 0.2) is 22.7 Å². The summed E-state index contributed by atoms with van der Waals surface area (Å²) in [7, 11) is 0. The highest BCUT2D eigenvalue weighted by Gasteiger charge is 2.25. The first-order chi connectivity index (χ1) is 9.54. The van der Waals surface area contributed by atoms with Gasteiger partial charge >= 0.3 is 5.97 Å². The van der Waals surface area contributed by atoms with Crippen molar-refractivity contribution >= 4 is 21.9 Å². The van der Waals surface area contributed by atoms with E-state index in [0.29, 0.717) is 12.2 Å². The average Bonchev–Trinajstić information content (AvgIpc) is 2.93. The highest BCUT2D eigenvalue weighted by molar-refractivity contribution is 9.10. The van der Waals surface area contributed by atoms with Gasteiger partial charge in [0.2, 0.25) is 0 Å². The number of ether oxygens (including phenoxy) is 1. The van der Waals surface area contributed by atoms with Crippen LogP contribution in [0.1, 0.15) is 21.7 Å². The van der Waals surface area contributed by atoms with E-state index in [-0.39, 0.29) is 11.8 Å². The minimum absolute atomic E-state index is 0.0109. The van der Waals surface area contributed by atoms with Gasteiger partial charge in [0, 0.05) is 10.9 Å². The predicted octanol–water partition coefficient (Wildman–Crippen LogP) is 2.05. The summed E-state index contributed by atoms with van der Waals surface area (Å²) in [5.74, 6) is -0.192. The third kappa shape index (κ3) is 2.29. The van der Waals surface area contributed by atoms with E-state index in [1.165, 1.54) is 0 Å². The molecular weight excluding hydrogens is 326 g/mol. The van der Waals surface area contributed by atoms with E-state index < -0.39 is 5.97 Å². The third-order valence-electron chi connectivity index (χ3n) is 3.33. The van der Waals surface area contributed by atoms with Crippen molar-refractivity contribution in [3.63, 3.8) is 0 Å². The van der Waals surface area contributed by atoms with Gasteiger partial charge in [0.15, 0.2) is 5.69 Å². The number of nitrogens with zero attached hydrogens (tertiary/aromatic N) is 3. The van der Waals surface area contributed by atoms with Gasteiger partial charge in [0.25, 0.3) is 0 Å². The summed E-state index contributed by atoms with van der Waals surface area (Å²) in [4.78, 5) is 10.9. The Hall–Kier alpha value is -1.89. The molecule has 1 atom stereocenters. The molecular formula is C13H12BrN3O3. The molecule has 104 valence electrons. The molecule has 7 heteroatoms. The Morgan fingerprint density at radius 3 is 3.10 bits per heavy atom. The van der Waals surface area contributed by atoms with Gasteiger partial charge in [0.05, 0.1) is 12.2 Å². The van der Waals surface area contributed by atoms with Crippen molar-refractivity contribution in [3.05, 3.63) is 39.6 Å². The first-order valence-electron chi connectivity index (χ1n) is 6.13. The Labute approximate surface area is 123 Å². The molecule has 20 heavy (non-hydrogen) atoms. The maximum Gasteiger partial charge on any atom is 0.358 e. The number of carboxylic acids is 1. The summed E-state index contributed by atoms with van der Waals surface area (Å²) in [6.07, 6.45) is 0.720. The Bertz CT molecular complexity index is 683. The van der Waals surface area contributed by atoms with Gasteiger partial charge in [-0.3, -0.25) is 0 Å². The van der Waals surface area contributed by atoms with Crippen LogP contribution in [0.4, 0.5) is 0 Å². The Morgan fingerprint density at radius 1 is 1.60 bits per heavy atom. The van der Waals surface area contributed by atoms with Crippen molar-refractivity contribution in [2.24, 2.45) is 0 Å². The molecule has 0 bridgehead atoms. The summed E-state index contributed by atoms with van der Waals surface area (Å²) < 4.78 is 8.43. The number of fused-ring (bicyclic) bond motifs is 1. The van der Waals surface area contributed by atoms with E-state index in [4.69, 9.17) is 9.84 Å². The van der Waals surface area contributed by atoms with Crippen LogP contribution >= 0.6 is 15.9 Å².